The Kier molecular flexibility index (Phi) is 7.16. The molecule has 0 N–H and O–H groups in total. The van der Waals surface area contributed by atoms with Crippen molar-refractivity contribution in [1.82, 2.24) is 9.21 Å². The minimum absolute atomic E-state index is 0.0471. The summed E-state index contributed by atoms with van der Waals surface area (Å²) >= 11 is 5.89. The molecule has 0 spiro atoms. The van der Waals surface area contributed by atoms with Crippen LogP contribution in [0.4, 0.5) is 0 Å². The quantitative estimate of drug-likeness (QED) is 0.606. The van der Waals surface area contributed by atoms with E-state index in [9.17, 15) is 13.2 Å². The number of nitrogens with zero attached hydrogens (tertiary/aromatic N) is 2. The maximum Gasteiger partial charge on any atom is 0.243 e. The third kappa shape index (κ3) is 4.83. The molecule has 2 fully saturated rings. The SMILES string of the molecule is COc1ccc([C@@H]2CCCN2C(=O)C2CCN(S(=O)(=O)c3ccc(Cl)cc3)CC2)c(OC)c1. The molecule has 33 heavy (non-hydrogen) atoms. The Morgan fingerprint density at radius 1 is 0.970 bits per heavy atom. The van der Waals surface area contributed by atoms with Gasteiger partial charge in [-0.15, -0.1) is 0 Å². The van der Waals surface area contributed by atoms with Gasteiger partial charge >= 0.3 is 0 Å². The summed E-state index contributed by atoms with van der Waals surface area (Å²) in [4.78, 5) is 15.6. The first kappa shape index (κ1) is 23.9. The van der Waals surface area contributed by atoms with Crippen LogP contribution in [0.25, 0.3) is 0 Å². The van der Waals surface area contributed by atoms with Crippen molar-refractivity contribution in [3.8, 4) is 11.5 Å². The maximum atomic E-state index is 13.4. The van der Waals surface area contributed by atoms with Gasteiger partial charge in [0.05, 0.1) is 25.2 Å². The van der Waals surface area contributed by atoms with Crippen molar-refractivity contribution < 1.29 is 22.7 Å². The average Bonchev–Trinajstić information content (AvgIpc) is 3.33. The number of rotatable bonds is 6. The fourth-order valence-electron chi connectivity index (χ4n) is 4.78. The highest BCUT2D eigenvalue weighted by Crippen LogP contribution is 2.40. The van der Waals surface area contributed by atoms with Crippen LogP contribution in [0, 0.1) is 5.92 Å². The molecule has 2 heterocycles. The monoisotopic (exact) mass is 492 g/mol. The van der Waals surface area contributed by atoms with Gasteiger partial charge in [0.1, 0.15) is 11.5 Å². The Hall–Kier alpha value is -2.29. The third-order valence-electron chi connectivity index (χ3n) is 6.59. The van der Waals surface area contributed by atoms with Gasteiger partial charge in [0.15, 0.2) is 0 Å². The van der Waals surface area contributed by atoms with Crippen molar-refractivity contribution in [2.24, 2.45) is 5.92 Å². The summed E-state index contributed by atoms with van der Waals surface area (Å²) in [5.41, 5.74) is 0.979. The van der Waals surface area contributed by atoms with Gasteiger partial charge in [0, 0.05) is 42.2 Å². The second-order valence-corrected chi connectivity index (χ2v) is 10.8. The lowest BCUT2D eigenvalue weighted by Gasteiger charge is -2.34. The lowest BCUT2D eigenvalue weighted by Crippen LogP contribution is -2.44. The van der Waals surface area contributed by atoms with Crippen molar-refractivity contribution in [2.45, 2.75) is 36.6 Å². The minimum Gasteiger partial charge on any atom is -0.497 e. The van der Waals surface area contributed by atoms with Gasteiger partial charge in [-0.25, -0.2) is 8.42 Å². The molecule has 0 saturated carbocycles. The first-order valence-corrected chi connectivity index (χ1v) is 12.9. The van der Waals surface area contributed by atoms with Crippen LogP contribution in [-0.2, 0) is 14.8 Å². The molecule has 9 heteroatoms. The molecule has 0 unspecified atom stereocenters. The highest BCUT2D eigenvalue weighted by molar-refractivity contribution is 7.89. The molecule has 0 aromatic heterocycles. The number of halogens is 1. The van der Waals surface area contributed by atoms with E-state index in [0.29, 0.717) is 49.0 Å². The highest BCUT2D eigenvalue weighted by Gasteiger charge is 2.38. The number of amides is 1. The maximum absolute atomic E-state index is 13.4. The number of carbonyl (C=O) groups excluding carboxylic acids is 1. The van der Waals surface area contributed by atoms with Gasteiger partial charge in [0.2, 0.25) is 15.9 Å². The summed E-state index contributed by atoms with van der Waals surface area (Å²) in [6.45, 7) is 1.35. The Morgan fingerprint density at radius 3 is 2.30 bits per heavy atom. The number of benzene rings is 2. The van der Waals surface area contributed by atoms with Crippen molar-refractivity contribution in [1.29, 1.82) is 0 Å². The molecule has 1 atom stereocenters. The molecule has 0 radical (unpaired) electrons. The third-order valence-corrected chi connectivity index (χ3v) is 8.75. The van der Waals surface area contributed by atoms with Crippen LogP contribution < -0.4 is 9.47 Å². The Bertz CT molecular complexity index is 1100. The first-order valence-electron chi connectivity index (χ1n) is 11.1. The molecule has 1 amide bonds. The molecule has 0 aliphatic carbocycles. The lowest BCUT2D eigenvalue weighted by atomic mass is 9.95. The number of likely N-dealkylation sites (tertiary alicyclic amines) is 1. The van der Waals surface area contributed by atoms with Gasteiger partial charge < -0.3 is 14.4 Å². The van der Waals surface area contributed by atoms with E-state index in [1.165, 1.54) is 16.4 Å². The van der Waals surface area contributed by atoms with Gasteiger partial charge in [-0.3, -0.25) is 4.79 Å². The molecule has 2 aromatic carbocycles. The van der Waals surface area contributed by atoms with Crippen LogP contribution in [0.3, 0.4) is 0 Å². The second kappa shape index (κ2) is 9.91. The lowest BCUT2D eigenvalue weighted by molar-refractivity contribution is -0.137. The van der Waals surface area contributed by atoms with Crippen LogP contribution in [0.5, 0.6) is 11.5 Å². The van der Waals surface area contributed by atoms with Crippen LogP contribution in [0.15, 0.2) is 47.4 Å². The number of sulfonamides is 1. The number of hydrogen-bond acceptors (Lipinski definition) is 5. The van der Waals surface area contributed by atoms with Crippen molar-refractivity contribution in [3.05, 3.63) is 53.1 Å². The van der Waals surface area contributed by atoms with E-state index in [2.05, 4.69) is 0 Å². The van der Waals surface area contributed by atoms with E-state index < -0.39 is 10.0 Å². The van der Waals surface area contributed by atoms with Gasteiger partial charge in [0.25, 0.3) is 0 Å². The van der Waals surface area contributed by atoms with E-state index >= 15 is 0 Å². The zero-order chi connectivity index (χ0) is 23.6. The summed E-state index contributed by atoms with van der Waals surface area (Å²) < 4.78 is 38.2. The molecule has 0 bridgehead atoms. The number of ether oxygens (including phenoxy) is 2. The van der Waals surface area contributed by atoms with Gasteiger partial charge in [-0.2, -0.15) is 4.31 Å². The zero-order valence-corrected chi connectivity index (χ0v) is 20.4. The normalized spacial score (nSPS) is 20.1. The summed E-state index contributed by atoms with van der Waals surface area (Å²) in [5, 5.41) is 0.493. The molecule has 2 aliphatic heterocycles. The molecule has 2 saturated heterocycles. The van der Waals surface area contributed by atoms with E-state index in [0.717, 1.165) is 18.4 Å². The molecule has 7 nitrogen and oxygen atoms in total. The fraction of sp³-hybridized carbons (Fsp3) is 0.458. The zero-order valence-electron chi connectivity index (χ0n) is 18.9. The molecular formula is C24H29ClN2O5S. The molecule has 2 aromatic rings. The summed E-state index contributed by atoms with van der Waals surface area (Å²) in [6.07, 6.45) is 2.82. The average molecular weight is 493 g/mol. The smallest absolute Gasteiger partial charge is 0.243 e. The minimum atomic E-state index is -3.59. The van der Waals surface area contributed by atoms with Crippen molar-refractivity contribution in [2.75, 3.05) is 33.9 Å². The van der Waals surface area contributed by atoms with Crippen LogP contribution in [0.1, 0.15) is 37.3 Å². The number of carbonyl (C=O) groups is 1. The van der Waals surface area contributed by atoms with Gasteiger partial charge in [-0.05, 0) is 62.1 Å². The number of piperidine rings is 1. The topological polar surface area (TPSA) is 76.2 Å². The largest absolute Gasteiger partial charge is 0.497 e. The van der Waals surface area contributed by atoms with Crippen LogP contribution in [0.2, 0.25) is 5.02 Å². The second-order valence-electron chi connectivity index (χ2n) is 8.43. The molecular weight excluding hydrogens is 464 g/mol. The van der Waals surface area contributed by atoms with Crippen LogP contribution >= 0.6 is 11.6 Å². The van der Waals surface area contributed by atoms with Crippen molar-refractivity contribution in [3.63, 3.8) is 0 Å². The Morgan fingerprint density at radius 2 is 1.67 bits per heavy atom. The summed E-state index contributed by atoms with van der Waals surface area (Å²) in [6, 6.07) is 11.8. The number of methoxy groups -OCH3 is 2. The molecule has 178 valence electrons. The summed E-state index contributed by atoms with van der Waals surface area (Å²) in [5.74, 6) is 1.33. The first-order chi connectivity index (χ1) is 15.8. The molecule has 4 rings (SSSR count). The van der Waals surface area contributed by atoms with E-state index in [-0.39, 0.29) is 22.8 Å². The predicted octanol–water partition coefficient (Wildman–Crippen LogP) is 4.12. The van der Waals surface area contributed by atoms with E-state index in [4.69, 9.17) is 21.1 Å². The van der Waals surface area contributed by atoms with Crippen LogP contribution in [-0.4, -0.2) is 57.4 Å². The van der Waals surface area contributed by atoms with E-state index in [1.807, 2.05) is 23.1 Å². The van der Waals surface area contributed by atoms with Crippen molar-refractivity contribution >= 4 is 27.5 Å². The number of hydrogen-bond donors (Lipinski definition) is 0. The fourth-order valence-corrected chi connectivity index (χ4v) is 6.38. The summed E-state index contributed by atoms with van der Waals surface area (Å²) in [7, 11) is -0.363. The standard InChI is InChI=1S/C24H29ClN2O5S/c1-31-19-7-10-21(23(16-19)32-2)22-4-3-13-27(22)24(28)17-11-14-26(15-12-17)33(29,30)20-8-5-18(25)6-9-20/h5-10,16-17,22H,3-4,11-15H2,1-2H3/t22-/m0/s1. The van der Waals surface area contributed by atoms with Gasteiger partial charge in [-0.1, -0.05) is 11.6 Å². The Labute approximate surface area is 200 Å². The highest BCUT2D eigenvalue weighted by atomic mass is 35.5. The Balaban J connectivity index is 1.45. The van der Waals surface area contributed by atoms with E-state index in [1.54, 1.807) is 26.4 Å². The predicted molar refractivity (Wildman–Crippen MR) is 126 cm³/mol. The molecule has 2 aliphatic rings.